The van der Waals surface area contributed by atoms with E-state index in [0.29, 0.717) is 6.42 Å². The van der Waals surface area contributed by atoms with Crippen LogP contribution < -0.4 is 5.32 Å². The molecule has 1 aliphatic rings. The molecule has 2 N–H and O–H groups in total. The van der Waals surface area contributed by atoms with Crippen LogP contribution in [0.15, 0.2) is 30.3 Å². The van der Waals surface area contributed by atoms with Gasteiger partial charge in [0.05, 0.1) is 12.1 Å². The van der Waals surface area contributed by atoms with Crippen LogP contribution in [0, 0.1) is 0 Å². The fourth-order valence-electron chi connectivity index (χ4n) is 3.24. The fourth-order valence-corrected chi connectivity index (χ4v) is 3.24. The summed E-state index contributed by atoms with van der Waals surface area (Å²) in [4.78, 5) is 15.0. The molecule has 2 atom stereocenters. The van der Waals surface area contributed by atoms with Gasteiger partial charge in [-0.3, -0.25) is 9.69 Å². The fraction of sp³-hybridized carbons (Fsp3) is 0.632. The Balaban J connectivity index is 1.98. The summed E-state index contributed by atoms with van der Waals surface area (Å²) in [6.45, 7) is 4.19. The van der Waals surface area contributed by atoms with E-state index >= 15 is 0 Å². The predicted molar refractivity (Wildman–Crippen MR) is 93.1 cm³/mol. The Morgan fingerprint density at radius 1 is 1.17 bits per heavy atom. The molecule has 4 heteroatoms. The molecule has 1 aliphatic heterocycles. The molecular weight excluding hydrogens is 288 g/mol. The van der Waals surface area contributed by atoms with Crippen molar-refractivity contribution in [3.63, 3.8) is 0 Å². The van der Waals surface area contributed by atoms with E-state index in [1.807, 2.05) is 37.3 Å². The molecular formula is C19H30N2O2. The molecule has 0 aromatic heterocycles. The van der Waals surface area contributed by atoms with E-state index in [4.69, 9.17) is 5.11 Å². The average Bonchev–Trinajstić information content (AvgIpc) is 2.87. The average molecular weight is 318 g/mol. The molecule has 4 nitrogen and oxygen atoms in total. The summed E-state index contributed by atoms with van der Waals surface area (Å²) in [7, 11) is 0. The first-order valence-electron chi connectivity index (χ1n) is 8.92. The van der Waals surface area contributed by atoms with Gasteiger partial charge in [-0.05, 0) is 51.3 Å². The van der Waals surface area contributed by atoms with Gasteiger partial charge in [0.1, 0.15) is 0 Å². The van der Waals surface area contributed by atoms with Crippen molar-refractivity contribution in [2.75, 3.05) is 19.7 Å². The Bertz CT molecular complexity index is 456. The molecule has 1 amide bonds. The number of carbonyl (C=O) groups is 1. The highest BCUT2D eigenvalue weighted by atomic mass is 16.3. The van der Waals surface area contributed by atoms with Gasteiger partial charge >= 0.3 is 0 Å². The predicted octanol–water partition coefficient (Wildman–Crippen LogP) is 2.88. The first-order valence-corrected chi connectivity index (χ1v) is 8.92. The van der Waals surface area contributed by atoms with Crippen LogP contribution >= 0.6 is 0 Å². The van der Waals surface area contributed by atoms with E-state index in [1.54, 1.807) is 0 Å². The summed E-state index contributed by atoms with van der Waals surface area (Å²) >= 11 is 0. The van der Waals surface area contributed by atoms with Crippen molar-refractivity contribution in [2.24, 2.45) is 0 Å². The highest BCUT2D eigenvalue weighted by Gasteiger charge is 2.24. The second-order valence-electron chi connectivity index (χ2n) is 6.46. The number of hydrogen-bond donors (Lipinski definition) is 2. The number of nitrogens with one attached hydrogen (secondary N) is 1. The zero-order valence-electron chi connectivity index (χ0n) is 14.2. The number of nitrogens with zero attached hydrogens (tertiary/aromatic N) is 1. The summed E-state index contributed by atoms with van der Waals surface area (Å²) in [6, 6.07) is 9.93. The maximum Gasteiger partial charge on any atom is 0.237 e. The van der Waals surface area contributed by atoms with Crippen LogP contribution in [0.3, 0.4) is 0 Å². The molecule has 1 saturated heterocycles. The van der Waals surface area contributed by atoms with Crippen molar-refractivity contribution in [3.8, 4) is 0 Å². The minimum absolute atomic E-state index is 0.0229. The van der Waals surface area contributed by atoms with Crippen molar-refractivity contribution in [1.29, 1.82) is 0 Å². The zero-order chi connectivity index (χ0) is 16.5. The van der Waals surface area contributed by atoms with Gasteiger partial charge in [0.25, 0.3) is 0 Å². The first kappa shape index (κ1) is 18.0. The topological polar surface area (TPSA) is 52.6 Å². The zero-order valence-corrected chi connectivity index (χ0v) is 14.2. The number of amides is 1. The molecule has 128 valence electrons. The van der Waals surface area contributed by atoms with Crippen LogP contribution in [-0.4, -0.2) is 41.7 Å². The van der Waals surface area contributed by atoms with Crippen LogP contribution in [0.5, 0.6) is 0 Å². The Morgan fingerprint density at radius 2 is 1.83 bits per heavy atom. The van der Waals surface area contributed by atoms with E-state index in [2.05, 4.69) is 10.2 Å². The van der Waals surface area contributed by atoms with Crippen LogP contribution in [0.2, 0.25) is 0 Å². The maximum atomic E-state index is 12.7. The van der Waals surface area contributed by atoms with Crippen LogP contribution in [0.1, 0.15) is 57.1 Å². The molecule has 1 aromatic rings. The van der Waals surface area contributed by atoms with Gasteiger partial charge in [-0.2, -0.15) is 0 Å². The summed E-state index contributed by atoms with van der Waals surface area (Å²) < 4.78 is 0. The van der Waals surface area contributed by atoms with Crippen molar-refractivity contribution in [3.05, 3.63) is 35.9 Å². The largest absolute Gasteiger partial charge is 0.396 e. The highest BCUT2D eigenvalue weighted by molar-refractivity contribution is 5.81. The third kappa shape index (κ3) is 5.63. The van der Waals surface area contributed by atoms with Crippen LogP contribution in [0.4, 0.5) is 0 Å². The molecule has 0 saturated carbocycles. The second kappa shape index (κ2) is 9.68. The lowest BCUT2D eigenvalue weighted by Crippen LogP contribution is -2.46. The van der Waals surface area contributed by atoms with Gasteiger partial charge in [-0.15, -0.1) is 0 Å². The number of likely N-dealkylation sites (tertiary alicyclic amines) is 1. The van der Waals surface area contributed by atoms with Crippen molar-refractivity contribution in [2.45, 2.75) is 57.5 Å². The monoisotopic (exact) mass is 318 g/mol. The van der Waals surface area contributed by atoms with Crippen molar-refractivity contribution in [1.82, 2.24) is 10.2 Å². The lowest BCUT2D eigenvalue weighted by atomic mass is 10.0. The number of rotatable bonds is 7. The summed E-state index contributed by atoms with van der Waals surface area (Å²) in [6.07, 6.45) is 6.37. The van der Waals surface area contributed by atoms with E-state index in [0.717, 1.165) is 25.1 Å². The molecule has 1 fully saturated rings. The van der Waals surface area contributed by atoms with Crippen LogP contribution in [-0.2, 0) is 4.79 Å². The van der Waals surface area contributed by atoms with Crippen LogP contribution in [0.25, 0.3) is 0 Å². The number of carbonyl (C=O) groups excluding carboxylic acids is 1. The third-order valence-electron chi connectivity index (χ3n) is 4.74. The Hall–Kier alpha value is -1.39. The van der Waals surface area contributed by atoms with Crippen molar-refractivity contribution >= 4 is 5.91 Å². The normalized spacial score (nSPS) is 18.9. The summed E-state index contributed by atoms with van der Waals surface area (Å²) in [5.41, 5.74) is 1.11. The second-order valence-corrected chi connectivity index (χ2v) is 6.46. The lowest BCUT2D eigenvalue weighted by molar-refractivity contribution is -0.126. The molecule has 2 unspecified atom stereocenters. The Labute approximate surface area is 139 Å². The molecule has 0 spiro atoms. The van der Waals surface area contributed by atoms with Crippen molar-refractivity contribution < 1.29 is 9.90 Å². The van der Waals surface area contributed by atoms with Gasteiger partial charge in [0.2, 0.25) is 5.91 Å². The molecule has 1 heterocycles. The van der Waals surface area contributed by atoms with E-state index in [-0.39, 0.29) is 24.6 Å². The number of aliphatic hydroxyl groups excluding tert-OH is 1. The summed E-state index contributed by atoms with van der Waals surface area (Å²) in [5.74, 6) is 0.0960. The molecule has 0 radical (unpaired) electrons. The third-order valence-corrected chi connectivity index (χ3v) is 4.74. The van der Waals surface area contributed by atoms with Gasteiger partial charge < -0.3 is 10.4 Å². The maximum absolute atomic E-state index is 12.7. The minimum Gasteiger partial charge on any atom is -0.396 e. The number of hydrogen-bond acceptors (Lipinski definition) is 3. The molecule has 0 bridgehead atoms. The highest BCUT2D eigenvalue weighted by Crippen LogP contribution is 2.19. The molecule has 23 heavy (non-hydrogen) atoms. The summed E-state index contributed by atoms with van der Waals surface area (Å²) in [5, 5.41) is 12.3. The SMILES string of the molecule is CC(C(=O)NC(CCCO)c1ccccc1)N1CCCCCC1. The Morgan fingerprint density at radius 3 is 2.43 bits per heavy atom. The number of benzene rings is 1. The van der Waals surface area contributed by atoms with E-state index in [1.165, 1.54) is 25.7 Å². The standard InChI is InChI=1S/C19H30N2O2/c1-16(21-13-7-2-3-8-14-21)19(23)20-18(12-9-15-22)17-10-5-4-6-11-17/h4-6,10-11,16,18,22H,2-3,7-9,12-15H2,1H3,(H,20,23). The first-order chi connectivity index (χ1) is 11.2. The Kier molecular flexibility index (Phi) is 7.56. The van der Waals surface area contributed by atoms with E-state index in [9.17, 15) is 4.79 Å². The molecule has 2 rings (SSSR count). The quantitative estimate of drug-likeness (QED) is 0.813. The molecule has 0 aliphatic carbocycles. The van der Waals surface area contributed by atoms with E-state index < -0.39 is 0 Å². The van der Waals surface area contributed by atoms with Gasteiger partial charge in [0, 0.05) is 6.61 Å². The van der Waals surface area contributed by atoms with Gasteiger partial charge in [-0.25, -0.2) is 0 Å². The number of aliphatic hydroxyl groups is 1. The van der Waals surface area contributed by atoms with Gasteiger partial charge in [-0.1, -0.05) is 43.2 Å². The molecule has 1 aromatic carbocycles. The van der Waals surface area contributed by atoms with Gasteiger partial charge in [0.15, 0.2) is 0 Å². The smallest absolute Gasteiger partial charge is 0.237 e. The lowest BCUT2D eigenvalue weighted by Gasteiger charge is -2.29. The minimum atomic E-state index is -0.0894.